The van der Waals surface area contributed by atoms with Gasteiger partial charge in [-0.1, -0.05) is 19.9 Å². The van der Waals surface area contributed by atoms with Crippen molar-refractivity contribution in [2.24, 2.45) is 0 Å². The fourth-order valence-electron chi connectivity index (χ4n) is 1.14. The van der Waals surface area contributed by atoms with Crippen LogP contribution in [0.3, 0.4) is 0 Å². The minimum Gasteiger partial charge on any atom is -0.506 e. The molecule has 0 bridgehead atoms. The van der Waals surface area contributed by atoms with Crippen LogP contribution >= 0.6 is 0 Å². The molecule has 0 aliphatic rings. The van der Waals surface area contributed by atoms with Crippen molar-refractivity contribution in [2.45, 2.75) is 26.7 Å². The topological polar surface area (TPSA) is 49.3 Å². The van der Waals surface area contributed by atoms with E-state index in [-0.39, 0.29) is 11.7 Å². The van der Waals surface area contributed by atoms with Gasteiger partial charge in [-0.15, -0.1) is 0 Å². The maximum Gasteiger partial charge on any atom is 0.224 e. The second-order valence-electron chi connectivity index (χ2n) is 3.11. The van der Waals surface area contributed by atoms with Gasteiger partial charge in [-0.2, -0.15) is 0 Å². The Labute approximate surface area is 83.8 Å². The molecule has 1 aromatic carbocycles. The first-order chi connectivity index (χ1) is 6.67. The van der Waals surface area contributed by atoms with E-state index >= 15 is 0 Å². The van der Waals surface area contributed by atoms with Crippen molar-refractivity contribution in [3.05, 3.63) is 23.8 Å². The van der Waals surface area contributed by atoms with Crippen LogP contribution in [0.2, 0.25) is 0 Å². The van der Waals surface area contributed by atoms with Crippen LogP contribution in [0.1, 0.15) is 25.8 Å². The Bertz CT molecular complexity index is 334. The van der Waals surface area contributed by atoms with Gasteiger partial charge in [0, 0.05) is 6.42 Å². The van der Waals surface area contributed by atoms with E-state index in [1.807, 2.05) is 13.0 Å². The fourth-order valence-corrected chi connectivity index (χ4v) is 1.14. The van der Waals surface area contributed by atoms with E-state index in [0.29, 0.717) is 12.1 Å². The molecule has 1 amide bonds. The van der Waals surface area contributed by atoms with Gasteiger partial charge >= 0.3 is 0 Å². The SMILES string of the molecule is CCC(=O)Nc1ccc(CC)cc1O. The number of benzene rings is 1. The number of amides is 1. The van der Waals surface area contributed by atoms with Crippen LogP contribution in [0.5, 0.6) is 5.75 Å². The summed E-state index contributed by atoms with van der Waals surface area (Å²) in [6, 6.07) is 5.29. The highest BCUT2D eigenvalue weighted by molar-refractivity contribution is 5.91. The summed E-state index contributed by atoms with van der Waals surface area (Å²) >= 11 is 0. The number of carbonyl (C=O) groups excluding carboxylic acids is 1. The highest BCUT2D eigenvalue weighted by atomic mass is 16.3. The number of hydrogen-bond acceptors (Lipinski definition) is 2. The largest absolute Gasteiger partial charge is 0.506 e. The number of nitrogens with one attached hydrogen (secondary N) is 1. The predicted molar refractivity (Wildman–Crippen MR) is 56.4 cm³/mol. The summed E-state index contributed by atoms with van der Waals surface area (Å²) in [5.74, 6) is 0.0377. The number of phenolic OH excluding ortho intramolecular Hbond substituents is 1. The van der Waals surface area contributed by atoms with Crippen LogP contribution in [0.25, 0.3) is 0 Å². The van der Waals surface area contributed by atoms with E-state index in [2.05, 4.69) is 5.32 Å². The van der Waals surface area contributed by atoms with E-state index in [1.54, 1.807) is 19.1 Å². The molecule has 3 heteroatoms. The molecule has 0 aliphatic carbocycles. The third-order valence-corrected chi connectivity index (χ3v) is 2.07. The van der Waals surface area contributed by atoms with Gasteiger partial charge in [0.1, 0.15) is 5.75 Å². The second-order valence-corrected chi connectivity index (χ2v) is 3.11. The number of phenols is 1. The lowest BCUT2D eigenvalue weighted by molar-refractivity contribution is -0.115. The zero-order valence-electron chi connectivity index (χ0n) is 8.50. The lowest BCUT2D eigenvalue weighted by atomic mass is 10.1. The Morgan fingerprint density at radius 1 is 1.43 bits per heavy atom. The van der Waals surface area contributed by atoms with Crippen LogP contribution in [0.4, 0.5) is 5.69 Å². The van der Waals surface area contributed by atoms with Crippen molar-refractivity contribution >= 4 is 11.6 Å². The first kappa shape index (κ1) is 10.6. The summed E-state index contributed by atoms with van der Waals surface area (Å²) in [6.45, 7) is 3.78. The molecule has 0 saturated heterocycles. The normalized spacial score (nSPS) is 9.86. The van der Waals surface area contributed by atoms with Crippen LogP contribution in [0.15, 0.2) is 18.2 Å². The Morgan fingerprint density at radius 3 is 2.64 bits per heavy atom. The summed E-state index contributed by atoms with van der Waals surface area (Å²) < 4.78 is 0. The number of hydrogen-bond donors (Lipinski definition) is 2. The summed E-state index contributed by atoms with van der Waals surface area (Å²) in [4.78, 5) is 11.1. The van der Waals surface area contributed by atoms with Gasteiger partial charge in [0.2, 0.25) is 5.91 Å². The molecule has 0 radical (unpaired) electrons. The van der Waals surface area contributed by atoms with Gasteiger partial charge in [0.15, 0.2) is 0 Å². The molecular formula is C11H15NO2. The molecule has 0 unspecified atom stereocenters. The Kier molecular flexibility index (Phi) is 3.51. The second kappa shape index (κ2) is 4.65. The molecule has 0 atom stereocenters. The minimum absolute atomic E-state index is 0.0930. The molecule has 0 saturated carbocycles. The molecule has 0 heterocycles. The highest BCUT2D eigenvalue weighted by Crippen LogP contribution is 2.24. The van der Waals surface area contributed by atoms with Crippen molar-refractivity contribution in [1.29, 1.82) is 0 Å². The van der Waals surface area contributed by atoms with E-state index in [4.69, 9.17) is 0 Å². The molecular weight excluding hydrogens is 178 g/mol. The molecule has 0 aliphatic heterocycles. The molecule has 1 aromatic rings. The Morgan fingerprint density at radius 2 is 2.14 bits per heavy atom. The lowest BCUT2D eigenvalue weighted by Crippen LogP contribution is -2.09. The van der Waals surface area contributed by atoms with Crippen LogP contribution in [-0.2, 0) is 11.2 Å². The van der Waals surface area contributed by atoms with Gasteiger partial charge < -0.3 is 10.4 Å². The molecule has 0 fully saturated rings. The average molecular weight is 193 g/mol. The molecule has 0 aromatic heterocycles. The van der Waals surface area contributed by atoms with Crippen LogP contribution < -0.4 is 5.32 Å². The van der Waals surface area contributed by atoms with Gasteiger partial charge in [-0.05, 0) is 24.1 Å². The number of anilines is 1. The molecule has 76 valence electrons. The van der Waals surface area contributed by atoms with E-state index in [1.165, 1.54) is 0 Å². The van der Waals surface area contributed by atoms with Gasteiger partial charge in [0.05, 0.1) is 5.69 Å². The van der Waals surface area contributed by atoms with E-state index < -0.39 is 0 Å². The maximum atomic E-state index is 11.1. The van der Waals surface area contributed by atoms with Crippen molar-refractivity contribution in [3.8, 4) is 5.75 Å². The summed E-state index contributed by atoms with van der Waals surface area (Å²) in [6.07, 6.45) is 1.28. The van der Waals surface area contributed by atoms with Crippen molar-refractivity contribution in [3.63, 3.8) is 0 Å². The predicted octanol–water partition coefficient (Wildman–Crippen LogP) is 2.30. The quantitative estimate of drug-likeness (QED) is 0.724. The average Bonchev–Trinajstić information content (AvgIpc) is 2.20. The van der Waals surface area contributed by atoms with Crippen molar-refractivity contribution < 1.29 is 9.90 Å². The van der Waals surface area contributed by atoms with Crippen LogP contribution in [0, 0.1) is 0 Å². The summed E-state index contributed by atoms with van der Waals surface area (Å²) in [5, 5.41) is 12.2. The Hall–Kier alpha value is -1.51. The third kappa shape index (κ3) is 2.49. The zero-order valence-corrected chi connectivity index (χ0v) is 8.50. The molecule has 2 N–H and O–H groups in total. The maximum absolute atomic E-state index is 11.1. The summed E-state index contributed by atoms with van der Waals surface area (Å²) in [7, 11) is 0. The lowest BCUT2D eigenvalue weighted by Gasteiger charge is -2.07. The summed E-state index contributed by atoms with van der Waals surface area (Å²) in [5.41, 5.74) is 1.53. The van der Waals surface area contributed by atoms with E-state index in [0.717, 1.165) is 12.0 Å². The van der Waals surface area contributed by atoms with Gasteiger partial charge in [-0.3, -0.25) is 4.79 Å². The van der Waals surface area contributed by atoms with Gasteiger partial charge in [0.25, 0.3) is 0 Å². The molecule has 0 spiro atoms. The van der Waals surface area contributed by atoms with E-state index in [9.17, 15) is 9.90 Å². The third-order valence-electron chi connectivity index (χ3n) is 2.07. The first-order valence-electron chi connectivity index (χ1n) is 4.79. The van der Waals surface area contributed by atoms with Crippen molar-refractivity contribution in [1.82, 2.24) is 0 Å². The number of rotatable bonds is 3. The molecule has 3 nitrogen and oxygen atoms in total. The fraction of sp³-hybridized carbons (Fsp3) is 0.364. The van der Waals surface area contributed by atoms with Gasteiger partial charge in [-0.25, -0.2) is 0 Å². The first-order valence-corrected chi connectivity index (χ1v) is 4.79. The number of carbonyl (C=O) groups is 1. The highest BCUT2D eigenvalue weighted by Gasteiger charge is 2.04. The molecule has 1 rings (SSSR count). The Balaban J connectivity index is 2.83. The number of aromatic hydroxyl groups is 1. The minimum atomic E-state index is -0.0930. The van der Waals surface area contributed by atoms with Crippen LogP contribution in [-0.4, -0.2) is 11.0 Å². The number of aryl methyl sites for hydroxylation is 1. The van der Waals surface area contributed by atoms with Crippen molar-refractivity contribution in [2.75, 3.05) is 5.32 Å². The standard InChI is InChI=1S/C11H15NO2/c1-3-8-5-6-9(10(13)7-8)12-11(14)4-2/h5-7,13H,3-4H2,1-2H3,(H,12,14). The molecule has 14 heavy (non-hydrogen) atoms. The monoisotopic (exact) mass is 193 g/mol. The zero-order chi connectivity index (χ0) is 10.6. The smallest absolute Gasteiger partial charge is 0.224 e.